The minimum absolute atomic E-state index is 0.291. The Morgan fingerprint density at radius 2 is 1.79 bits per heavy atom. The maximum atomic E-state index is 12.7. The molecule has 1 atom stereocenters. The second-order valence-corrected chi connectivity index (χ2v) is 7.47. The summed E-state index contributed by atoms with van der Waals surface area (Å²) in [6.07, 6.45) is 2.20. The van der Waals surface area contributed by atoms with Crippen LogP contribution in [0.25, 0.3) is 0 Å². The Bertz CT molecular complexity index is 766. The van der Waals surface area contributed by atoms with Crippen LogP contribution in [0.3, 0.4) is 0 Å². The summed E-state index contributed by atoms with van der Waals surface area (Å²) in [5, 5.41) is 4.03. The van der Waals surface area contributed by atoms with Crippen LogP contribution in [-0.4, -0.2) is 44.8 Å². The minimum atomic E-state index is -0.534. The number of ether oxygens (including phenoxy) is 4. The molecule has 1 aliphatic rings. The van der Waals surface area contributed by atoms with Crippen LogP contribution in [0.1, 0.15) is 45.2 Å². The van der Waals surface area contributed by atoms with E-state index in [9.17, 15) is 4.79 Å². The number of benzene rings is 1. The Labute approximate surface area is 176 Å². The van der Waals surface area contributed by atoms with E-state index in [0.29, 0.717) is 29.4 Å². The molecule has 0 amide bonds. The molecular formula is C21H30N2O5S. The molecule has 0 aromatic heterocycles. The molecule has 1 aliphatic heterocycles. The Kier molecular flexibility index (Phi) is 8.70. The van der Waals surface area contributed by atoms with E-state index in [-0.39, 0.29) is 0 Å². The summed E-state index contributed by atoms with van der Waals surface area (Å²) in [5.41, 5.74) is 1.97. The number of hydrogen-bond acceptors (Lipinski definition) is 8. The van der Waals surface area contributed by atoms with Gasteiger partial charge in [-0.15, -0.1) is 0 Å². The van der Waals surface area contributed by atoms with Gasteiger partial charge < -0.3 is 24.3 Å². The molecule has 1 aromatic rings. The zero-order valence-corrected chi connectivity index (χ0v) is 18.8. The quantitative estimate of drug-likeness (QED) is 0.474. The number of thioether (sulfide) groups is 1. The van der Waals surface area contributed by atoms with Gasteiger partial charge in [0.15, 0.2) is 16.7 Å². The molecule has 0 saturated heterocycles. The second-order valence-electron chi connectivity index (χ2n) is 6.38. The van der Waals surface area contributed by atoms with Gasteiger partial charge >= 0.3 is 5.97 Å². The summed E-state index contributed by atoms with van der Waals surface area (Å²) in [7, 11) is 4.68. The van der Waals surface area contributed by atoms with Crippen LogP contribution in [0.15, 0.2) is 28.4 Å². The highest BCUT2D eigenvalue weighted by atomic mass is 32.2. The first-order chi connectivity index (χ1) is 14.0. The van der Waals surface area contributed by atoms with Crippen molar-refractivity contribution in [1.82, 2.24) is 5.32 Å². The molecule has 160 valence electrons. The molecule has 29 heavy (non-hydrogen) atoms. The normalized spacial score (nSPS) is 16.1. The SMILES string of the molecule is CCCCSC1=N[C@H](c2cc(OC)c(OC)c(OC)c2)C(C(=O)OCC)=C(C)N1. The predicted molar refractivity (Wildman–Crippen MR) is 116 cm³/mol. The fourth-order valence-electron chi connectivity index (χ4n) is 3.01. The number of hydrogen-bond donors (Lipinski definition) is 1. The highest BCUT2D eigenvalue weighted by Crippen LogP contribution is 2.43. The molecule has 1 aromatic carbocycles. The Morgan fingerprint density at radius 3 is 2.31 bits per heavy atom. The predicted octanol–water partition coefficient (Wildman–Crippen LogP) is 4.08. The van der Waals surface area contributed by atoms with Gasteiger partial charge in [-0.1, -0.05) is 25.1 Å². The molecule has 0 aliphatic carbocycles. The highest BCUT2D eigenvalue weighted by Gasteiger charge is 2.32. The van der Waals surface area contributed by atoms with Gasteiger partial charge in [0, 0.05) is 11.4 Å². The number of carbonyl (C=O) groups is 1. The molecule has 0 fully saturated rings. The van der Waals surface area contributed by atoms with Gasteiger partial charge in [-0.05, 0) is 38.0 Å². The number of amidine groups is 1. The lowest BCUT2D eigenvalue weighted by Crippen LogP contribution is -2.30. The number of nitrogens with one attached hydrogen (secondary N) is 1. The minimum Gasteiger partial charge on any atom is -0.493 e. The number of rotatable bonds is 9. The van der Waals surface area contributed by atoms with Gasteiger partial charge in [0.25, 0.3) is 0 Å². The Morgan fingerprint density at radius 1 is 1.14 bits per heavy atom. The van der Waals surface area contributed by atoms with Gasteiger partial charge in [0.1, 0.15) is 6.04 Å². The van der Waals surface area contributed by atoms with Crippen LogP contribution in [0.5, 0.6) is 17.2 Å². The lowest BCUT2D eigenvalue weighted by molar-refractivity contribution is -0.138. The number of nitrogens with zero attached hydrogens (tertiary/aromatic N) is 1. The van der Waals surface area contributed by atoms with Gasteiger partial charge in [0.2, 0.25) is 5.75 Å². The van der Waals surface area contributed by atoms with Crippen molar-refractivity contribution in [3.05, 3.63) is 29.0 Å². The Balaban J connectivity index is 2.54. The molecule has 0 bridgehead atoms. The van der Waals surface area contributed by atoms with Crippen molar-refractivity contribution in [1.29, 1.82) is 0 Å². The summed E-state index contributed by atoms with van der Waals surface area (Å²) in [5.74, 6) is 2.07. The maximum Gasteiger partial charge on any atom is 0.338 e. The number of carbonyl (C=O) groups excluding carboxylic acids is 1. The van der Waals surface area contributed by atoms with Gasteiger partial charge in [0.05, 0.1) is 33.5 Å². The van der Waals surface area contributed by atoms with E-state index in [0.717, 1.165) is 35.0 Å². The molecule has 2 rings (SSSR count). The Hall–Kier alpha value is -2.35. The lowest BCUT2D eigenvalue weighted by atomic mass is 9.96. The molecule has 1 heterocycles. The third kappa shape index (κ3) is 5.38. The van der Waals surface area contributed by atoms with Crippen LogP contribution in [0.2, 0.25) is 0 Å². The van der Waals surface area contributed by atoms with E-state index >= 15 is 0 Å². The van der Waals surface area contributed by atoms with Crippen molar-refractivity contribution in [2.45, 2.75) is 39.7 Å². The third-order valence-electron chi connectivity index (χ3n) is 4.45. The van der Waals surface area contributed by atoms with Crippen LogP contribution in [0, 0.1) is 0 Å². The van der Waals surface area contributed by atoms with Crippen molar-refractivity contribution in [3.63, 3.8) is 0 Å². The summed E-state index contributed by atoms with van der Waals surface area (Å²) >= 11 is 1.64. The van der Waals surface area contributed by atoms with Crippen molar-refractivity contribution < 1.29 is 23.7 Å². The highest BCUT2D eigenvalue weighted by molar-refractivity contribution is 8.13. The summed E-state index contributed by atoms with van der Waals surface area (Å²) in [6.45, 7) is 6.10. The fourth-order valence-corrected chi connectivity index (χ4v) is 4.04. The first kappa shape index (κ1) is 22.9. The van der Waals surface area contributed by atoms with Crippen molar-refractivity contribution in [2.24, 2.45) is 4.99 Å². The monoisotopic (exact) mass is 422 g/mol. The van der Waals surface area contributed by atoms with Gasteiger partial charge in [-0.3, -0.25) is 0 Å². The van der Waals surface area contributed by atoms with Crippen molar-refractivity contribution >= 4 is 22.9 Å². The van der Waals surface area contributed by atoms with E-state index in [1.807, 2.05) is 19.1 Å². The molecular weight excluding hydrogens is 392 g/mol. The average Bonchev–Trinajstić information content (AvgIpc) is 2.72. The standard InChI is InChI=1S/C21H30N2O5S/c1-7-9-10-29-21-22-13(3)17(20(24)28-8-2)18(23-21)14-11-15(25-4)19(27-6)16(12-14)26-5/h11-12,18H,7-10H2,1-6H3,(H,22,23)/t18-/m1/s1. The molecule has 8 heteroatoms. The topological polar surface area (TPSA) is 78.4 Å². The number of methoxy groups -OCH3 is 3. The average molecular weight is 423 g/mol. The summed E-state index contributed by atoms with van der Waals surface area (Å²) in [4.78, 5) is 17.5. The molecule has 7 nitrogen and oxygen atoms in total. The summed E-state index contributed by atoms with van der Waals surface area (Å²) < 4.78 is 21.7. The first-order valence-electron chi connectivity index (χ1n) is 9.65. The maximum absolute atomic E-state index is 12.7. The largest absolute Gasteiger partial charge is 0.493 e. The van der Waals surface area contributed by atoms with Crippen LogP contribution in [-0.2, 0) is 9.53 Å². The molecule has 0 saturated carbocycles. The van der Waals surface area contributed by atoms with Gasteiger partial charge in [-0.25, -0.2) is 9.79 Å². The van der Waals surface area contributed by atoms with Crippen molar-refractivity contribution in [2.75, 3.05) is 33.7 Å². The molecule has 1 N–H and O–H groups in total. The number of esters is 1. The molecule has 0 radical (unpaired) electrons. The number of allylic oxidation sites excluding steroid dienone is 1. The number of aliphatic imine (C=N–C) groups is 1. The summed E-state index contributed by atoms with van der Waals surface area (Å²) in [6, 6.07) is 3.11. The van der Waals surface area contributed by atoms with Gasteiger partial charge in [-0.2, -0.15) is 0 Å². The van der Waals surface area contributed by atoms with E-state index in [1.54, 1.807) is 40.0 Å². The third-order valence-corrected chi connectivity index (χ3v) is 5.43. The van der Waals surface area contributed by atoms with Crippen LogP contribution < -0.4 is 19.5 Å². The first-order valence-corrected chi connectivity index (χ1v) is 10.6. The van der Waals surface area contributed by atoms with E-state index in [1.165, 1.54) is 0 Å². The lowest BCUT2D eigenvalue weighted by Gasteiger charge is -2.26. The van der Waals surface area contributed by atoms with Crippen molar-refractivity contribution in [3.8, 4) is 17.2 Å². The second kappa shape index (κ2) is 11.0. The smallest absolute Gasteiger partial charge is 0.338 e. The molecule has 0 unspecified atom stereocenters. The zero-order valence-electron chi connectivity index (χ0n) is 18.0. The zero-order chi connectivity index (χ0) is 21.4. The molecule has 0 spiro atoms. The van der Waals surface area contributed by atoms with Crippen LogP contribution in [0.4, 0.5) is 0 Å². The fraction of sp³-hybridized carbons (Fsp3) is 0.524. The number of unbranched alkanes of at least 4 members (excludes halogenated alkanes) is 1. The van der Waals surface area contributed by atoms with Crippen LogP contribution >= 0.6 is 11.8 Å². The van der Waals surface area contributed by atoms with E-state index < -0.39 is 12.0 Å². The van der Waals surface area contributed by atoms with E-state index in [2.05, 4.69) is 12.2 Å². The van der Waals surface area contributed by atoms with E-state index in [4.69, 9.17) is 23.9 Å².